The van der Waals surface area contributed by atoms with E-state index in [1.807, 2.05) is 42.5 Å². The van der Waals surface area contributed by atoms with Crippen LogP contribution in [0.1, 0.15) is 33.6 Å². The van der Waals surface area contributed by atoms with Gasteiger partial charge in [0.15, 0.2) is 5.82 Å². The van der Waals surface area contributed by atoms with Gasteiger partial charge in [-0.15, -0.1) is 0 Å². The summed E-state index contributed by atoms with van der Waals surface area (Å²) in [6.45, 7) is 8.49. The van der Waals surface area contributed by atoms with Crippen molar-refractivity contribution in [3.05, 3.63) is 53.0 Å². The van der Waals surface area contributed by atoms with E-state index in [0.29, 0.717) is 31.3 Å². The second kappa shape index (κ2) is 10.5. The highest BCUT2D eigenvalue weighted by Crippen LogP contribution is 2.29. The Labute approximate surface area is 187 Å². The Hall–Kier alpha value is -2.47. The molecule has 0 aliphatic rings. The summed E-state index contributed by atoms with van der Waals surface area (Å²) < 4.78 is 0.991. The molecule has 0 bridgehead atoms. The van der Waals surface area contributed by atoms with Crippen LogP contribution in [0.5, 0.6) is 0 Å². The molecule has 1 heterocycles. The maximum atomic E-state index is 12.3. The van der Waals surface area contributed by atoms with Gasteiger partial charge in [-0.05, 0) is 36.6 Å². The number of hydrogen-bond donors (Lipinski definition) is 1. The lowest BCUT2D eigenvalue weighted by Gasteiger charge is -2.25. The minimum Gasteiger partial charge on any atom is -0.356 e. The summed E-state index contributed by atoms with van der Waals surface area (Å²) in [5, 5.41) is 4.01. The minimum atomic E-state index is 0.0791. The smallest absolute Gasteiger partial charge is 0.221 e. The molecule has 0 aliphatic heterocycles. The minimum absolute atomic E-state index is 0.0791. The van der Waals surface area contributed by atoms with Gasteiger partial charge in [0.2, 0.25) is 5.91 Å². The van der Waals surface area contributed by atoms with Gasteiger partial charge in [0, 0.05) is 41.5 Å². The summed E-state index contributed by atoms with van der Waals surface area (Å²) in [5.74, 6) is 2.10. The van der Waals surface area contributed by atoms with E-state index < -0.39 is 0 Å². The van der Waals surface area contributed by atoms with Crippen LogP contribution in [0.25, 0.3) is 22.3 Å². The average molecular weight is 469 g/mol. The Bertz CT molecular complexity index is 1010. The van der Waals surface area contributed by atoms with E-state index >= 15 is 0 Å². The molecule has 0 atom stereocenters. The van der Waals surface area contributed by atoms with Gasteiger partial charge in [-0.1, -0.05) is 61.0 Å². The molecule has 0 fully saturated rings. The van der Waals surface area contributed by atoms with Crippen molar-refractivity contribution in [2.45, 2.75) is 33.6 Å². The lowest BCUT2D eigenvalue weighted by Crippen LogP contribution is -2.33. The molecule has 6 heteroatoms. The standard InChI is InChI=1S/C24H29BrN4O/c1-4-13-29(14-12-22(30)26-16-17(2)3)24-20-10-5-6-11-21(20)27-23(28-24)18-8-7-9-19(25)15-18/h5-11,15,17H,4,12-14,16H2,1-3H3,(H,26,30). The molecule has 0 saturated carbocycles. The first-order valence-corrected chi connectivity index (χ1v) is 11.3. The quantitative estimate of drug-likeness (QED) is 0.454. The Balaban J connectivity index is 1.95. The van der Waals surface area contributed by atoms with Crippen LogP contribution >= 0.6 is 15.9 Å². The monoisotopic (exact) mass is 468 g/mol. The predicted octanol–water partition coefficient (Wildman–Crippen LogP) is 5.44. The zero-order valence-corrected chi connectivity index (χ0v) is 19.4. The van der Waals surface area contributed by atoms with E-state index in [0.717, 1.165) is 39.7 Å². The lowest BCUT2D eigenvalue weighted by atomic mass is 10.1. The highest BCUT2D eigenvalue weighted by Gasteiger charge is 2.16. The fraction of sp³-hybridized carbons (Fsp3) is 0.375. The summed E-state index contributed by atoms with van der Waals surface area (Å²) in [7, 11) is 0. The maximum Gasteiger partial charge on any atom is 0.221 e. The maximum absolute atomic E-state index is 12.3. The lowest BCUT2D eigenvalue weighted by molar-refractivity contribution is -0.121. The third-order valence-electron chi connectivity index (χ3n) is 4.78. The molecule has 2 aromatic carbocycles. The van der Waals surface area contributed by atoms with Crippen molar-refractivity contribution in [3.63, 3.8) is 0 Å². The molecule has 0 unspecified atom stereocenters. The highest BCUT2D eigenvalue weighted by molar-refractivity contribution is 9.10. The van der Waals surface area contributed by atoms with Gasteiger partial charge in [0.05, 0.1) is 5.52 Å². The SMILES string of the molecule is CCCN(CCC(=O)NCC(C)C)c1nc(-c2cccc(Br)c2)nc2ccccc12. The van der Waals surface area contributed by atoms with E-state index in [-0.39, 0.29) is 5.91 Å². The second-order valence-corrected chi connectivity index (χ2v) is 8.75. The van der Waals surface area contributed by atoms with E-state index in [2.05, 4.69) is 53.0 Å². The van der Waals surface area contributed by atoms with E-state index in [1.165, 1.54) is 0 Å². The molecule has 0 radical (unpaired) electrons. The number of nitrogens with one attached hydrogen (secondary N) is 1. The first-order valence-electron chi connectivity index (χ1n) is 10.5. The number of fused-ring (bicyclic) bond motifs is 1. The highest BCUT2D eigenvalue weighted by atomic mass is 79.9. The third-order valence-corrected chi connectivity index (χ3v) is 5.27. The number of hydrogen-bond acceptors (Lipinski definition) is 4. The van der Waals surface area contributed by atoms with Crippen LogP contribution in [-0.2, 0) is 4.79 Å². The molecule has 30 heavy (non-hydrogen) atoms. The van der Waals surface area contributed by atoms with Gasteiger partial charge in [-0.3, -0.25) is 4.79 Å². The van der Waals surface area contributed by atoms with Crippen molar-refractivity contribution in [2.75, 3.05) is 24.5 Å². The first-order chi connectivity index (χ1) is 14.5. The van der Waals surface area contributed by atoms with Crippen LogP contribution in [0.15, 0.2) is 53.0 Å². The number of aromatic nitrogens is 2. The molecule has 3 aromatic rings. The third kappa shape index (κ3) is 5.79. The normalized spacial score (nSPS) is 11.1. The van der Waals surface area contributed by atoms with E-state index in [1.54, 1.807) is 0 Å². The van der Waals surface area contributed by atoms with Crippen molar-refractivity contribution >= 4 is 38.6 Å². The van der Waals surface area contributed by atoms with Crippen LogP contribution in [0.4, 0.5) is 5.82 Å². The first kappa shape index (κ1) is 22.2. The molecule has 0 saturated heterocycles. The summed E-state index contributed by atoms with van der Waals surface area (Å²) in [6, 6.07) is 16.1. The predicted molar refractivity (Wildman–Crippen MR) is 128 cm³/mol. The van der Waals surface area contributed by atoms with Crippen LogP contribution < -0.4 is 10.2 Å². The molecule has 3 rings (SSSR count). The number of halogens is 1. The molecule has 1 amide bonds. The number of nitrogens with zero attached hydrogens (tertiary/aromatic N) is 3. The van der Waals surface area contributed by atoms with Crippen LogP contribution in [0.2, 0.25) is 0 Å². The molecule has 1 N–H and O–H groups in total. The van der Waals surface area contributed by atoms with E-state index in [9.17, 15) is 4.79 Å². The van der Waals surface area contributed by atoms with Crippen molar-refractivity contribution < 1.29 is 4.79 Å². The average Bonchev–Trinajstić information content (AvgIpc) is 2.74. The fourth-order valence-corrected chi connectivity index (χ4v) is 3.69. The number of amides is 1. The summed E-state index contributed by atoms with van der Waals surface area (Å²) in [6.07, 6.45) is 1.41. The number of carbonyl (C=O) groups excluding carboxylic acids is 1. The molecule has 5 nitrogen and oxygen atoms in total. The van der Waals surface area contributed by atoms with E-state index in [4.69, 9.17) is 9.97 Å². The second-order valence-electron chi connectivity index (χ2n) is 7.83. The van der Waals surface area contributed by atoms with Crippen molar-refractivity contribution in [2.24, 2.45) is 5.92 Å². The van der Waals surface area contributed by atoms with Gasteiger partial charge in [-0.25, -0.2) is 9.97 Å². The number of para-hydroxylation sites is 1. The van der Waals surface area contributed by atoms with Gasteiger partial charge in [-0.2, -0.15) is 0 Å². The largest absolute Gasteiger partial charge is 0.356 e. The number of carbonyl (C=O) groups is 1. The summed E-state index contributed by atoms with van der Waals surface area (Å²) >= 11 is 3.54. The van der Waals surface area contributed by atoms with Crippen molar-refractivity contribution in [3.8, 4) is 11.4 Å². The molecule has 158 valence electrons. The molecule has 0 aliphatic carbocycles. The molecule has 0 spiro atoms. The Kier molecular flexibility index (Phi) is 7.80. The van der Waals surface area contributed by atoms with Crippen molar-refractivity contribution in [1.29, 1.82) is 0 Å². The Morgan fingerprint density at radius 3 is 2.63 bits per heavy atom. The molecular formula is C24H29BrN4O. The zero-order chi connectivity index (χ0) is 21.5. The Morgan fingerprint density at radius 1 is 1.10 bits per heavy atom. The number of rotatable bonds is 9. The number of benzene rings is 2. The van der Waals surface area contributed by atoms with Gasteiger partial charge in [0.1, 0.15) is 5.82 Å². The van der Waals surface area contributed by atoms with Crippen LogP contribution in [0.3, 0.4) is 0 Å². The molecular weight excluding hydrogens is 440 g/mol. The van der Waals surface area contributed by atoms with Gasteiger partial charge >= 0.3 is 0 Å². The molecule has 1 aromatic heterocycles. The Morgan fingerprint density at radius 2 is 1.90 bits per heavy atom. The van der Waals surface area contributed by atoms with Gasteiger partial charge in [0.25, 0.3) is 0 Å². The summed E-state index contributed by atoms with van der Waals surface area (Å²) in [5.41, 5.74) is 1.87. The summed E-state index contributed by atoms with van der Waals surface area (Å²) in [4.78, 5) is 24.3. The fourth-order valence-electron chi connectivity index (χ4n) is 3.29. The number of anilines is 1. The zero-order valence-electron chi connectivity index (χ0n) is 17.9. The topological polar surface area (TPSA) is 58.1 Å². The van der Waals surface area contributed by atoms with Crippen LogP contribution in [0, 0.1) is 5.92 Å². The van der Waals surface area contributed by atoms with Gasteiger partial charge < -0.3 is 10.2 Å². The van der Waals surface area contributed by atoms with Crippen LogP contribution in [-0.4, -0.2) is 35.5 Å². The van der Waals surface area contributed by atoms with Crippen molar-refractivity contribution in [1.82, 2.24) is 15.3 Å².